The number of nitrogens with zero attached hydrogens (tertiary/aromatic N) is 1. The third-order valence-corrected chi connectivity index (χ3v) is 5.77. The fourth-order valence-electron chi connectivity index (χ4n) is 4.23. The van der Waals surface area contributed by atoms with Gasteiger partial charge in [0.25, 0.3) is 0 Å². The summed E-state index contributed by atoms with van der Waals surface area (Å²) in [6, 6.07) is 40.3. The first-order valence-electron chi connectivity index (χ1n) is 10.5. The Morgan fingerprint density at radius 2 is 0.839 bits per heavy atom. The molecule has 0 radical (unpaired) electrons. The smallest absolute Gasteiger partial charge is 0.138 e. The van der Waals surface area contributed by atoms with Gasteiger partial charge in [0.05, 0.1) is 11.4 Å². The lowest BCUT2D eigenvalue weighted by Crippen LogP contribution is -1.79. The van der Waals surface area contributed by atoms with E-state index in [2.05, 4.69) is 102 Å². The molecule has 0 amide bonds. The van der Waals surface area contributed by atoms with Crippen LogP contribution in [0.1, 0.15) is 0 Å². The largest absolute Gasteiger partial charge is 0.337 e. The van der Waals surface area contributed by atoms with E-state index < -0.39 is 0 Å². The molecule has 146 valence electrons. The molecule has 1 aromatic carbocycles. The fraction of sp³-hybridized carbons (Fsp3) is 0. The second-order valence-electron chi connectivity index (χ2n) is 7.81. The van der Waals surface area contributed by atoms with Crippen LogP contribution in [0.15, 0.2) is 115 Å². The summed E-state index contributed by atoms with van der Waals surface area (Å²) in [5, 5.41) is 0. The molecule has 6 rings (SSSR count). The number of aromatic amines is 1. The average Bonchev–Trinajstić information content (AvgIpc) is 3.44. The van der Waals surface area contributed by atoms with Gasteiger partial charge in [0.15, 0.2) is 0 Å². The highest BCUT2D eigenvalue weighted by Gasteiger charge is 2.19. The molecule has 0 saturated carbocycles. The van der Waals surface area contributed by atoms with Gasteiger partial charge in [0, 0.05) is 16.7 Å². The molecule has 1 heterocycles. The maximum Gasteiger partial charge on any atom is 0.138 e. The SMILES string of the molecule is c1ccc2cc(-c3nc(-c4ccccc4)[nH]c3-c3cc4cccccc-4c3)cc-2cc1. The predicted molar refractivity (Wildman–Crippen MR) is 128 cm³/mol. The number of nitrogens with one attached hydrogen (secondary N) is 1. The number of H-pyrrole nitrogens is 1. The Morgan fingerprint density at radius 3 is 1.32 bits per heavy atom. The summed E-state index contributed by atoms with van der Waals surface area (Å²) < 4.78 is 0. The van der Waals surface area contributed by atoms with Crippen LogP contribution in [-0.4, -0.2) is 9.97 Å². The number of benzene rings is 1. The molecule has 0 unspecified atom stereocenters. The van der Waals surface area contributed by atoms with Crippen molar-refractivity contribution in [3.8, 4) is 56.2 Å². The number of rotatable bonds is 3. The van der Waals surface area contributed by atoms with Crippen LogP contribution >= 0.6 is 0 Å². The van der Waals surface area contributed by atoms with Gasteiger partial charge in [0.2, 0.25) is 0 Å². The van der Waals surface area contributed by atoms with Gasteiger partial charge in [0.1, 0.15) is 5.82 Å². The van der Waals surface area contributed by atoms with Crippen LogP contribution in [-0.2, 0) is 0 Å². The van der Waals surface area contributed by atoms with E-state index in [0.29, 0.717) is 0 Å². The average molecular weight is 396 g/mol. The Morgan fingerprint density at radius 1 is 0.419 bits per heavy atom. The molecule has 0 bridgehead atoms. The van der Waals surface area contributed by atoms with E-state index in [9.17, 15) is 0 Å². The van der Waals surface area contributed by atoms with Crippen molar-refractivity contribution in [2.45, 2.75) is 0 Å². The number of hydrogen-bond donors (Lipinski definition) is 1. The zero-order chi connectivity index (χ0) is 20.6. The minimum Gasteiger partial charge on any atom is -0.337 e. The van der Waals surface area contributed by atoms with E-state index >= 15 is 0 Å². The Labute approximate surface area is 181 Å². The molecule has 2 aromatic rings. The molecule has 2 heteroatoms. The van der Waals surface area contributed by atoms with E-state index in [0.717, 1.165) is 33.9 Å². The number of aromatic nitrogens is 2. The number of hydrogen-bond acceptors (Lipinski definition) is 1. The molecule has 0 saturated heterocycles. The monoisotopic (exact) mass is 396 g/mol. The van der Waals surface area contributed by atoms with Gasteiger partial charge in [-0.15, -0.1) is 0 Å². The van der Waals surface area contributed by atoms with Gasteiger partial charge in [-0.1, -0.05) is 91.0 Å². The highest BCUT2D eigenvalue weighted by Crippen LogP contribution is 2.40. The van der Waals surface area contributed by atoms with Crippen LogP contribution in [0.5, 0.6) is 0 Å². The summed E-state index contributed by atoms with van der Waals surface area (Å²) in [5.41, 5.74) is 10.3. The quantitative estimate of drug-likeness (QED) is 0.327. The van der Waals surface area contributed by atoms with Crippen LogP contribution in [0.2, 0.25) is 0 Å². The Bertz CT molecular complexity index is 1280. The lowest BCUT2D eigenvalue weighted by atomic mass is 10.1. The molecule has 4 aliphatic rings. The van der Waals surface area contributed by atoms with Crippen LogP contribution in [0, 0.1) is 0 Å². The minimum absolute atomic E-state index is 0.886. The molecule has 1 aromatic heterocycles. The van der Waals surface area contributed by atoms with Crippen molar-refractivity contribution in [3.63, 3.8) is 0 Å². The van der Waals surface area contributed by atoms with Crippen molar-refractivity contribution in [2.24, 2.45) is 0 Å². The van der Waals surface area contributed by atoms with Gasteiger partial charge in [-0.3, -0.25) is 0 Å². The first-order valence-corrected chi connectivity index (χ1v) is 10.5. The topological polar surface area (TPSA) is 28.7 Å². The molecular formula is C29H20N2. The summed E-state index contributed by atoms with van der Waals surface area (Å²) in [4.78, 5) is 8.69. The zero-order valence-corrected chi connectivity index (χ0v) is 16.9. The molecule has 0 fully saturated rings. The summed E-state index contributed by atoms with van der Waals surface area (Å²) in [6.07, 6.45) is 0. The third-order valence-electron chi connectivity index (χ3n) is 5.77. The number of imidazole rings is 1. The van der Waals surface area contributed by atoms with Crippen LogP contribution in [0.4, 0.5) is 0 Å². The first-order chi connectivity index (χ1) is 15.3. The van der Waals surface area contributed by atoms with Crippen molar-refractivity contribution >= 4 is 0 Å². The van der Waals surface area contributed by atoms with Gasteiger partial charge in [-0.05, 0) is 46.5 Å². The lowest BCUT2D eigenvalue weighted by molar-refractivity contribution is 1.31. The van der Waals surface area contributed by atoms with Gasteiger partial charge < -0.3 is 4.98 Å². The van der Waals surface area contributed by atoms with E-state index in [1.807, 2.05) is 18.2 Å². The Kier molecular flexibility index (Phi) is 4.14. The molecular weight excluding hydrogens is 376 g/mol. The molecule has 31 heavy (non-hydrogen) atoms. The maximum absolute atomic E-state index is 5.06. The predicted octanol–water partition coefficient (Wildman–Crippen LogP) is 7.62. The molecule has 2 nitrogen and oxygen atoms in total. The summed E-state index contributed by atoms with van der Waals surface area (Å²) >= 11 is 0. The van der Waals surface area contributed by atoms with Crippen molar-refractivity contribution in [3.05, 3.63) is 115 Å². The second kappa shape index (κ2) is 7.26. The van der Waals surface area contributed by atoms with Gasteiger partial charge in [-0.25, -0.2) is 4.98 Å². The summed E-state index contributed by atoms with van der Waals surface area (Å²) in [7, 11) is 0. The van der Waals surface area contributed by atoms with Crippen LogP contribution in [0.25, 0.3) is 56.2 Å². The summed E-state index contributed by atoms with van der Waals surface area (Å²) in [5.74, 6) is 0.886. The van der Waals surface area contributed by atoms with Gasteiger partial charge in [-0.2, -0.15) is 0 Å². The molecule has 0 atom stereocenters. The molecule has 0 spiro atoms. The van der Waals surface area contributed by atoms with Crippen molar-refractivity contribution in [1.29, 1.82) is 0 Å². The second-order valence-corrected chi connectivity index (χ2v) is 7.81. The summed E-state index contributed by atoms with van der Waals surface area (Å²) in [6.45, 7) is 0. The van der Waals surface area contributed by atoms with Crippen molar-refractivity contribution in [2.75, 3.05) is 0 Å². The van der Waals surface area contributed by atoms with E-state index in [4.69, 9.17) is 4.98 Å². The van der Waals surface area contributed by atoms with E-state index in [-0.39, 0.29) is 0 Å². The molecule has 1 N–H and O–H groups in total. The number of fused-ring (bicyclic) bond motifs is 2. The Balaban J connectivity index is 1.58. The third kappa shape index (κ3) is 3.19. The highest BCUT2D eigenvalue weighted by molar-refractivity contribution is 5.89. The van der Waals surface area contributed by atoms with E-state index in [1.54, 1.807) is 0 Å². The van der Waals surface area contributed by atoms with Crippen LogP contribution < -0.4 is 0 Å². The molecule has 4 aliphatic carbocycles. The maximum atomic E-state index is 5.06. The molecule has 0 aliphatic heterocycles. The van der Waals surface area contributed by atoms with Gasteiger partial charge >= 0.3 is 0 Å². The fourth-order valence-corrected chi connectivity index (χ4v) is 4.23. The van der Waals surface area contributed by atoms with Crippen molar-refractivity contribution in [1.82, 2.24) is 9.97 Å². The normalized spacial score (nSPS) is 11.2. The lowest BCUT2D eigenvalue weighted by Gasteiger charge is -1.98. The minimum atomic E-state index is 0.886. The van der Waals surface area contributed by atoms with Crippen LogP contribution in [0.3, 0.4) is 0 Å². The standard InChI is InChI=1S/C29H20N2/c1-4-10-20(11-5-1)29-30-27(25-16-21-12-6-2-7-13-22(21)17-25)28(31-29)26-18-23-14-8-3-9-15-24(23)19-26/h1-19H,(H,30,31). The van der Waals surface area contributed by atoms with Crippen molar-refractivity contribution < 1.29 is 0 Å². The zero-order valence-electron chi connectivity index (χ0n) is 16.9. The highest BCUT2D eigenvalue weighted by atomic mass is 14.9. The first kappa shape index (κ1) is 17.7. The van der Waals surface area contributed by atoms with E-state index in [1.165, 1.54) is 22.3 Å². The Hall–Kier alpha value is -4.17.